The van der Waals surface area contributed by atoms with E-state index in [1.165, 1.54) is 37.8 Å². The molecular weight excluding hydrogens is 472 g/mol. The van der Waals surface area contributed by atoms with Crippen LogP contribution in [0.5, 0.6) is 0 Å². The zero-order chi connectivity index (χ0) is 26.5. The second kappa shape index (κ2) is 12.6. The molecule has 0 amide bonds. The van der Waals surface area contributed by atoms with Crippen LogP contribution in [0.15, 0.2) is 66.7 Å². The maximum absolute atomic E-state index is 8.13. The van der Waals surface area contributed by atoms with Crippen LogP contribution in [-0.4, -0.2) is 7.38 Å². The maximum atomic E-state index is 8.13. The highest BCUT2D eigenvalue weighted by Gasteiger charge is 2.39. The van der Waals surface area contributed by atoms with Crippen molar-refractivity contribution in [2.75, 3.05) is 0 Å². The Kier molecular flexibility index (Phi) is 10.1. The molecule has 0 N–H and O–H groups in total. The summed E-state index contributed by atoms with van der Waals surface area (Å²) in [4.78, 5) is 0. The third-order valence-electron chi connectivity index (χ3n) is 8.65. The minimum Gasteiger partial charge on any atom is -0.149 e. The second-order valence-corrected chi connectivity index (χ2v) is 15.8. The van der Waals surface area contributed by atoms with Crippen LogP contribution in [0, 0.1) is 0 Å². The average Bonchev–Trinajstić information content (AvgIpc) is 2.94. The Labute approximate surface area is 227 Å². The predicted molar refractivity (Wildman–Crippen MR) is 165 cm³/mol. The van der Waals surface area contributed by atoms with Crippen molar-refractivity contribution in [2.24, 2.45) is 0 Å². The van der Waals surface area contributed by atoms with E-state index in [2.05, 4.69) is 122 Å². The smallest absolute Gasteiger partial charge is 0.149 e. The van der Waals surface area contributed by atoms with Crippen LogP contribution < -0.4 is 15.6 Å². The zero-order valence-electron chi connectivity index (χ0n) is 23.9. The summed E-state index contributed by atoms with van der Waals surface area (Å²) >= 11 is 8.13. The van der Waals surface area contributed by atoms with Gasteiger partial charge < -0.3 is 0 Å². The molecule has 0 radical (unpaired) electrons. The molecule has 0 fully saturated rings. The Balaban J connectivity index is 2.39. The van der Waals surface area contributed by atoms with Crippen LogP contribution in [0.25, 0.3) is 0 Å². The third kappa shape index (κ3) is 6.00. The third-order valence-corrected chi connectivity index (χ3v) is 13.9. The van der Waals surface area contributed by atoms with Crippen LogP contribution in [0.3, 0.4) is 0 Å². The van der Waals surface area contributed by atoms with Crippen molar-refractivity contribution < 1.29 is 0 Å². The second-order valence-electron chi connectivity index (χ2n) is 11.0. The highest BCUT2D eigenvalue weighted by atomic mass is 35.6. The molecule has 0 aliphatic rings. The monoisotopic (exact) mass is 518 g/mol. The maximum Gasteiger partial charge on any atom is 0.247 e. The molecule has 36 heavy (non-hydrogen) atoms. The van der Waals surface area contributed by atoms with Gasteiger partial charge in [0.15, 0.2) is 0 Å². The fourth-order valence-electron chi connectivity index (χ4n) is 5.00. The summed E-state index contributed by atoms with van der Waals surface area (Å²) in [6, 6.07) is 25.6. The first-order valence-electron chi connectivity index (χ1n) is 14.2. The SMILES string of the molecule is CCC(C)c1cc(C(C)CC)cc([Si](Cl)(c2ccccc2)c2cc(C(C)CC)cc(C(C)CC)c2)c1. The summed E-state index contributed by atoms with van der Waals surface area (Å²) in [5, 5.41) is 3.94. The van der Waals surface area contributed by atoms with Gasteiger partial charge in [0.05, 0.1) is 0 Å². The Morgan fingerprint density at radius 2 is 0.806 bits per heavy atom. The standard InChI is InChI=1S/C34H47ClSi/c1-9-24(5)28-18-29(25(6)10-2)21-33(20-28)36(35,32-16-14-13-15-17-32)34-22-30(26(7)11-3)19-31(23-34)27(8)12-4/h13-27H,9-12H2,1-8H3. The van der Waals surface area contributed by atoms with Gasteiger partial charge in [0.2, 0.25) is 7.38 Å². The van der Waals surface area contributed by atoms with E-state index in [-0.39, 0.29) is 0 Å². The molecule has 194 valence electrons. The molecule has 3 aromatic rings. The van der Waals surface area contributed by atoms with E-state index in [4.69, 9.17) is 11.1 Å². The summed E-state index contributed by atoms with van der Waals surface area (Å²) in [5.74, 6) is 2.06. The molecule has 0 aromatic heterocycles. The van der Waals surface area contributed by atoms with Gasteiger partial charge in [-0.1, -0.05) is 122 Å². The molecule has 0 aliphatic heterocycles. The van der Waals surface area contributed by atoms with Crippen molar-refractivity contribution in [1.29, 1.82) is 0 Å². The summed E-state index contributed by atoms with van der Waals surface area (Å²) in [6.07, 6.45) is 4.53. The van der Waals surface area contributed by atoms with Crippen molar-refractivity contribution >= 4 is 34.0 Å². The highest BCUT2D eigenvalue weighted by molar-refractivity contribution is 7.40. The molecule has 0 saturated heterocycles. The Hall–Kier alpha value is -1.83. The summed E-state index contributed by atoms with van der Waals surface area (Å²) in [7, 11) is -2.77. The summed E-state index contributed by atoms with van der Waals surface area (Å²) < 4.78 is 0. The van der Waals surface area contributed by atoms with Crippen molar-refractivity contribution in [3.63, 3.8) is 0 Å². The molecule has 0 saturated carbocycles. The molecule has 4 atom stereocenters. The van der Waals surface area contributed by atoms with Crippen molar-refractivity contribution in [2.45, 2.75) is 105 Å². The fourth-order valence-corrected chi connectivity index (χ4v) is 9.15. The topological polar surface area (TPSA) is 0 Å². The first kappa shape index (κ1) is 28.7. The number of hydrogen-bond donors (Lipinski definition) is 0. The lowest BCUT2D eigenvalue weighted by Crippen LogP contribution is -2.63. The van der Waals surface area contributed by atoms with E-state index in [0.29, 0.717) is 23.7 Å². The van der Waals surface area contributed by atoms with Gasteiger partial charge in [-0.15, -0.1) is 11.1 Å². The Morgan fingerprint density at radius 3 is 1.08 bits per heavy atom. The van der Waals surface area contributed by atoms with E-state index in [0.717, 1.165) is 25.7 Å². The van der Waals surface area contributed by atoms with Gasteiger partial charge in [0.25, 0.3) is 0 Å². The highest BCUT2D eigenvalue weighted by Crippen LogP contribution is 2.29. The minimum atomic E-state index is -2.77. The number of halogens is 1. The lowest BCUT2D eigenvalue weighted by atomic mass is 9.91. The van der Waals surface area contributed by atoms with E-state index in [9.17, 15) is 0 Å². The van der Waals surface area contributed by atoms with Crippen molar-refractivity contribution in [1.82, 2.24) is 0 Å². The van der Waals surface area contributed by atoms with E-state index >= 15 is 0 Å². The van der Waals surface area contributed by atoms with Crippen LogP contribution >= 0.6 is 11.1 Å². The van der Waals surface area contributed by atoms with Gasteiger partial charge in [-0.05, 0) is 87.2 Å². The summed E-state index contributed by atoms with van der Waals surface area (Å²) in [5.41, 5.74) is 5.72. The van der Waals surface area contributed by atoms with Gasteiger partial charge in [0, 0.05) is 0 Å². The minimum absolute atomic E-state index is 0.514. The Bertz CT molecular complexity index is 995. The van der Waals surface area contributed by atoms with Crippen LogP contribution in [0.2, 0.25) is 0 Å². The molecule has 3 aromatic carbocycles. The first-order chi connectivity index (χ1) is 17.2. The van der Waals surface area contributed by atoms with Gasteiger partial charge in [-0.2, -0.15) is 0 Å². The molecule has 0 heterocycles. The van der Waals surface area contributed by atoms with Crippen LogP contribution in [0.1, 0.15) is 127 Å². The molecule has 2 heteroatoms. The molecular formula is C34H47ClSi. The van der Waals surface area contributed by atoms with Crippen molar-refractivity contribution in [3.8, 4) is 0 Å². The van der Waals surface area contributed by atoms with E-state index in [1.54, 1.807) is 0 Å². The first-order valence-corrected chi connectivity index (χ1v) is 17.3. The average molecular weight is 519 g/mol. The van der Waals surface area contributed by atoms with Gasteiger partial charge in [-0.3, -0.25) is 0 Å². The van der Waals surface area contributed by atoms with Gasteiger partial charge >= 0.3 is 0 Å². The Morgan fingerprint density at radius 1 is 0.500 bits per heavy atom. The predicted octanol–water partition coefficient (Wildman–Crippen LogP) is 8.95. The van der Waals surface area contributed by atoms with Crippen LogP contribution in [0.4, 0.5) is 0 Å². The molecule has 0 spiro atoms. The quantitative estimate of drug-likeness (QED) is 0.135. The zero-order valence-corrected chi connectivity index (χ0v) is 25.6. The van der Waals surface area contributed by atoms with E-state index < -0.39 is 7.38 Å². The largest absolute Gasteiger partial charge is 0.247 e. The molecule has 0 aliphatic carbocycles. The van der Waals surface area contributed by atoms with Gasteiger partial charge in [-0.25, -0.2) is 0 Å². The molecule has 0 bridgehead atoms. The molecule has 4 unspecified atom stereocenters. The normalized spacial score (nSPS) is 16.7. The summed E-state index contributed by atoms with van der Waals surface area (Å²) in [6.45, 7) is 18.6. The number of benzene rings is 3. The lowest BCUT2D eigenvalue weighted by molar-refractivity contribution is 0.712. The van der Waals surface area contributed by atoms with Crippen LogP contribution in [-0.2, 0) is 0 Å². The van der Waals surface area contributed by atoms with Gasteiger partial charge in [0.1, 0.15) is 0 Å². The molecule has 3 rings (SSSR count). The number of hydrogen-bond acceptors (Lipinski definition) is 0. The van der Waals surface area contributed by atoms with Crippen molar-refractivity contribution in [3.05, 3.63) is 89.0 Å². The molecule has 0 nitrogen and oxygen atoms in total. The lowest BCUT2D eigenvalue weighted by Gasteiger charge is -2.30. The van der Waals surface area contributed by atoms with E-state index in [1.807, 2.05) is 0 Å². The number of rotatable bonds is 11. The fraction of sp³-hybridized carbons (Fsp3) is 0.471.